The van der Waals surface area contributed by atoms with Crippen molar-refractivity contribution in [2.45, 2.75) is 6.42 Å². The van der Waals surface area contributed by atoms with Crippen LogP contribution in [0, 0.1) is 5.95 Å². The highest BCUT2D eigenvalue weighted by atomic mass is 35.5. The van der Waals surface area contributed by atoms with E-state index in [4.69, 9.17) is 27.9 Å². The van der Waals surface area contributed by atoms with Gasteiger partial charge in [-0.3, -0.25) is 4.40 Å². The van der Waals surface area contributed by atoms with Gasteiger partial charge in [-0.05, 0) is 30.3 Å². The Morgan fingerprint density at radius 1 is 1.07 bits per heavy atom. The Labute approximate surface area is 180 Å². The molecule has 0 bridgehead atoms. The third-order valence-electron chi connectivity index (χ3n) is 4.77. The Morgan fingerprint density at radius 2 is 1.93 bits per heavy atom. The molecule has 1 aromatic carbocycles. The molecule has 0 aliphatic heterocycles. The molecular weight excluding hydrogens is 428 g/mol. The molecule has 0 radical (unpaired) electrons. The van der Waals surface area contributed by atoms with Crippen molar-refractivity contribution in [2.24, 2.45) is 0 Å². The summed E-state index contributed by atoms with van der Waals surface area (Å²) in [6, 6.07) is 12.1. The first-order valence-corrected chi connectivity index (χ1v) is 9.79. The van der Waals surface area contributed by atoms with Crippen molar-refractivity contribution in [1.29, 1.82) is 0 Å². The first-order valence-electron chi connectivity index (χ1n) is 9.03. The van der Waals surface area contributed by atoms with E-state index in [-0.39, 0.29) is 0 Å². The molecule has 0 saturated carbocycles. The van der Waals surface area contributed by atoms with Crippen molar-refractivity contribution in [1.82, 2.24) is 24.3 Å². The number of rotatable bonds is 4. The molecule has 150 valence electrons. The maximum absolute atomic E-state index is 13.3. The molecule has 9 heteroatoms. The molecule has 6 nitrogen and oxygen atoms in total. The lowest BCUT2D eigenvalue weighted by Gasteiger charge is -2.11. The predicted molar refractivity (Wildman–Crippen MR) is 114 cm³/mol. The van der Waals surface area contributed by atoms with Gasteiger partial charge < -0.3 is 9.72 Å². The Bertz CT molecular complexity index is 1410. The van der Waals surface area contributed by atoms with Gasteiger partial charge in [-0.2, -0.15) is 9.37 Å². The quantitative estimate of drug-likeness (QED) is 0.383. The van der Waals surface area contributed by atoms with Crippen LogP contribution >= 0.6 is 23.2 Å². The molecular formula is C21H14Cl2FN5O. The number of hydrogen-bond acceptors (Lipinski definition) is 4. The second-order valence-electron chi connectivity index (χ2n) is 6.70. The van der Waals surface area contributed by atoms with Crippen molar-refractivity contribution >= 4 is 40.0 Å². The molecule has 4 aromatic heterocycles. The lowest BCUT2D eigenvalue weighted by Crippen LogP contribution is -1.93. The van der Waals surface area contributed by atoms with Gasteiger partial charge in [0.05, 0.1) is 34.1 Å². The zero-order valence-corrected chi connectivity index (χ0v) is 17.2. The van der Waals surface area contributed by atoms with Crippen LogP contribution in [-0.2, 0) is 6.42 Å². The Hall–Kier alpha value is -3.16. The van der Waals surface area contributed by atoms with Gasteiger partial charge in [-0.15, -0.1) is 0 Å². The highest BCUT2D eigenvalue weighted by Crippen LogP contribution is 2.37. The van der Waals surface area contributed by atoms with Crippen LogP contribution in [0.2, 0.25) is 10.0 Å². The lowest BCUT2D eigenvalue weighted by molar-refractivity contribution is 0.415. The number of halogens is 3. The van der Waals surface area contributed by atoms with Crippen molar-refractivity contribution in [3.8, 4) is 17.0 Å². The van der Waals surface area contributed by atoms with E-state index in [1.54, 1.807) is 25.3 Å². The minimum Gasteiger partial charge on any atom is -0.495 e. The number of nitrogens with one attached hydrogen (secondary N) is 1. The van der Waals surface area contributed by atoms with E-state index >= 15 is 0 Å². The zero-order chi connectivity index (χ0) is 20.8. The SMILES string of the molecule is COc1cc(Cl)c(-c2cccc3nc(Cc4nc5nc(F)ccc5[nH]4)cn23)cc1Cl. The summed E-state index contributed by atoms with van der Waals surface area (Å²) in [5.41, 5.74) is 4.17. The number of aromatic amines is 1. The standard InChI is InChI=1S/C21H14Cl2FN5O/c1-30-17-9-13(22)12(8-14(17)23)16-3-2-4-20-25-11(10-29(16)20)7-19-26-15-5-6-18(24)27-21(15)28-19/h2-6,8-10H,7H2,1H3,(H,26,27,28). The lowest BCUT2D eigenvalue weighted by atomic mass is 10.1. The van der Waals surface area contributed by atoms with Gasteiger partial charge >= 0.3 is 0 Å². The van der Waals surface area contributed by atoms with Gasteiger partial charge in [0.15, 0.2) is 5.65 Å². The Kier molecular flexibility index (Phi) is 4.56. The van der Waals surface area contributed by atoms with Crippen LogP contribution in [0.25, 0.3) is 28.1 Å². The molecule has 0 saturated heterocycles. The minimum absolute atomic E-state index is 0.342. The van der Waals surface area contributed by atoms with E-state index in [1.165, 1.54) is 6.07 Å². The summed E-state index contributed by atoms with van der Waals surface area (Å²) in [5.74, 6) is 0.602. The number of ether oxygens (including phenoxy) is 1. The number of methoxy groups -OCH3 is 1. The van der Waals surface area contributed by atoms with Gasteiger partial charge in [0.25, 0.3) is 0 Å². The van der Waals surface area contributed by atoms with E-state index in [0.29, 0.717) is 39.2 Å². The fourth-order valence-corrected chi connectivity index (χ4v) is 3.91. The average Bonchev–Trinajstić information content (AvgIpc) is 3.31. The first kappa shape index (κ1) is 18.8. The Balaban J connectivity index is 1.56. The van der Waals surface area contributed by atoms with Gasteiger partial charge in [0.2, 0.25) is 5.95 Å². The Morgan fingerprint density at radius 3 is 2.77 bits per heavy atom. The smallest absolute Gasteiger partial charge is 0.215 e. The van der Waals surface area contributed by atoms with E-state index in [0.717, 1.165) is 22.6 Å². The van der Waals surface area contributed by atoms with E-state index in [1.807, 2.05) is 28.8 Å². The largest absolute Gasteiger partial charge is 0.495 e. The highest BCUT2D eigenvalue weighted by molar-refractivity contribution is 6.36. The average molecular weight is 442 g/mol. The predicted octanol–water partition coefficient (Wildman–Crippen LogP) is 5.32. The monoisotopic (exact) mass is 441 g/mol. The van der Waals surface area contributed by atoms with Crippen LogP contribution in [0.5, 0.6) is 5.75 Å². The summed E-state index contributed by atoms with van der Waals surface area (Å²) in [6.07, 6.45) is 2.36. The number of imidazole rings is 2. The molecule has 5 aromatic rings. The van der Waals surface area contributed by atoms with E-state index < -0.39 is 5.95 Å². The van der Waals surface area contributed by atoms with Gasteiger partial charge in [0.1, 0.15) is 17.2 Å². The summed E-state index contributed by atoms with van der Waals surface area (Å²) in [4.78, 5) is 16.0. The van der Waals surface area contributed by atoms with Crippen LogP contribution in [-0.4, -0.2) is 31.4 Å². The number of nitrogens with zero attached hydrogens (tertiary/aromatic N) is 4. The molecule has 4 heterocycles. The number of fused-ring (bicyclic) bond motifs is 2. The van der Waals surface area contributed by atoms with Crippen LogP contribution in [0.1, 0.15) is 11.5 Å². The van der Waals surface area contributed by atoms with E-state index in [9.17, 15) is 4.39 Å². The third-order valence-corrected chi connectivity index (χ3v) is 5.38. The normalized spacial score (nSPS) is 11.5. The van der Waals surface area contributed by atoms with Crippen molar-refractivity contribution in [2.75, 3.05) is 7.11 Å². The van der Waals surface area contributed by atoms with Crippen molar-refractivity contribution in [3.63, 3.8) is 0 Å². The second kappa shape index (κ2) is 7.27. The van der Waals surface area contributed by atoms with E-state index in [2.05, 4.69) is 19.9 Å². The number of pyridine rings is 2. The minimum atomic E-state index is -0.562. The fraction of sp³-hybridized carbons (Fsp3) is 0.0952. The number of benzene rings is 1. The fourth-order valence-electron chi connectivity index (χ4n) is 3.42. The maximum atomic E-state index is 13.3. The summed E-state index contributed by atoms with van der Waals surface area (Å²) < 4.78 is 20.5. The summed E-state index contributed by atoms with van der Waals surface area (Å²) in [7, 11) is 1.54. The van der Waals surface area contributed by atoms with Gasteiger partial charge in [-0.25, -0.2) is 9.97 Å². The molecule has 0 aliphatic carbocycles. The highest BCUT2D eigenvalue weighted by Gasteiger charge is 2.14. The molecule has 0 amide bonds. The van der Waals surface area contributed by atoms with Crippen molar-refractivity contribution in [3.05, 3.63) is 76.2 Å². The molecule has 5 rings (SSSR count). The molecule has 0 fully saturated rings. The molecule has 0 aliphatic rings. The molecule has 30 heavy (non-hydrogen) atoms. The zero-order valence-electron chi connectivity index (χ0n) is 15.7. The van der Waals surface area contributed by atoms with Crippen LogP contribution in [0.15, 0.2) is 48.7 Å². The number of hydrogen-bond donors (Lipinski definition) is 1. The maximum Gasteiger partial charge on any atom is 0.215 e. The summed E-state index contributed by atoms with van der Waals surface area (Å²) in [5, 5.41) is 0.987. The topological polar surface area (TPSA) is 68.1 Å². The van der Waals surface area contributed by atoms with Gasteiger partial charge in [-0.1, -0.05) is 29.3 Å². The number of H-pyrrole nitrogens is 1. The molecule has 0 unspecified atom stereocenters. The van der Waals surface area contributed by atoms with Crippen LogP contribution in [0.4, 0.5) is 4.39 Å². The number of aromatic nitrogens is 5. The van der Waals surface area contributed by atoms with Crippen LogP contribution in [0.3, 0.4) is 0 Å². The van der Waals surface area contributed by atoms with Crippen molar-refractivity contribution < 1.29 is 9.13 Å². The summed E-state index contributed by atoms with van der Waals surface area (Å²) >= 11 is 12.8. The molecule has 0 atom stereocenters. The molecule has 0 spiro atoms. The summed E-state index contributed by atoms with van der Waals surface area (Å²) in [6.45, 7) is 0. The van der Waals surface area contributed by atoms with Crippen LogP contribution < -0.4 is 4.74 Å². The first-order chi connectivity index (χ1) is 14.5. The second-order valence-corrected chi connectivity index (χ2v) is 7.52. The third kappa shape index (κ3) is 3.26. The van der Waals surface area contributed by atoms with Gasteiger partial charge in [0, 0.05) is 24.2 Å². The molecule has 1 N–H and O–H groups in total.